The molecule has 0 fully saturated rings. The number of nitriles is 2. The van der Waals surface area contributed by atoms with E-state index in [0.717, 1.165) is 47.7 Å². The molecule has 0 spiro atoms. The molecule has 2 N–H and O–H groups in total. The van der Waals surface area contributed by atoms with Crippen LogP contribution in [-0.2, 0) is 12.8 Å². The molecule has 0 aliphatic heterocycles. The standard InChI is InChI=1S/C13H13ClN2.C13H13IN2/c2*14-6-2-1-3-11-9-16-13-5-4-10(8-15)7-12(11)13/h2*4-5,7,9,16H,1-3,6H2. The van der Waals surface area contributed by atoms with Crippen LogP contribution in [0.5, 0.6) is 0 Å². The highest BCUT2D eigenvalue weighted by atomic mass is 127. The molecule has 0 aliphatic rings. The van der Waals surface area contributed by atoms with Gasteiger partial charge < -0.3 is 9.97 Å². The molecule has 32 heavy (non-hydrogen) atoms. The number of hydrogen-bond acceptors (Lipinski definition) is 2. The van der Waals surface area contributed by atoms with Gasteiger partial charge in [-0.1, -0.05) is 22.6 Å². The summed E-state index contributed by atoms with van der Waals surface area (Å²) < 4.78 is 1.21. The fourth-order valence-electron chi connectivity index (χ4n) is 3.73. The van der Waals surface area contributed by atoms with E-state index in [9.17, 15) is 0 Å². The van der Waals surface area contributed by atoms with Gasteiger partial charge in [0.2, 0.25) is 0 Å². The van der Waals surface area contributed by atoms with Gasteiger partial charge >= 0.3 is 0 Å². The van der Waals surface area contributed by atoms with Gasteiger partial charge in [0.15, 0.2) is 0 Å². The lowest BCUT2D eigenvalue weighted by Gasteiger charge is -1.98. The van der Waals surface area contributed by atoms with Crippen LogP contribution in [0.1, 0.15) is 47.9 Å². The summed E-state index contributed by atoms with van der Waals surface area (Å²) in [4.78, 5) is 6.48. The zero-order valence-corrected chi connectivity index (χ0v) is 20.8. The molecule has 4 aromatic rings. The van der Waals surface area contributed by atoms with E-state index < -0.39 is 0 Å². The number of nitrogens with zero attached hydrogens (tertiary/aromatic N) is 2. The SMILES string of the molecule is N#Cc1ccc2[nH]cc(CCCCCl)c2c1.N#Cc1ccc2[nH]cc(CCCCI)c2c1. The molecule has 0 amide bonds. The van der Waals surface area contributed by atoms with E-state index in [0.29, 0.717) is 11.4 Å². The molecule has 2 aromatic heterocycles. The summed E-state index contributed by atoms with van der Waals surface area (Å²) in [6.07, 6.45) is 10.8. The van der Waals surface area contributed by atoms with Crippen molar-refractivity contribution in [2.24, 2.45) is 0 Å². The molecule has 4 nitrogen and oxygen atoms in total. The van der Waals surface area contributed by atoms with Crippen LogP contribution in [0.2, 0.25) is 0 Å². The van der Waals surface area contributed by atoms with Gasteiger partial charge in [-0.05, 0) is 90.5 Å². The Balaban J connectivity index is 0.000000181. The van der Waals surface area contributed by atoms with E-state index in [1.165, 1.54) is 33.8 Å². The maximum absolute atomic E-state index is 8.88. The molecule has 0 unspecified atom stereocenters. The van der Waals surface area contributed by atoms with Crippen molar-refractivity contribution in [2.45, 2.75) is 38.5 Å². The summed E-state index contributed by atoms with van der Waals surface area (Å²) in [7, 11) is 0. The molecule has 0 aliphatic carbocycles. The van der Waals surface area contributed by atoms with Gasteiger partial charge in [0.1, 0.15) is 0 Å². The Morgan fingerprint density at radius 2 is 1.25 bits per heavy atom. The van der Waals surface area contributed by atoms with Crippen LogP contribution in [0, 0.1) is 22.7 Å². The van der Waals surface area contributed by atoms with Crippen molar-refractivity contribution >= 4 is 56.0 Å². The van der Waals surface area contributed by atoms with E-state index in [-0.39, 0.29) is 0 Å². The minimum absolute atomic E-state index is 0.714. The predicted octanol–water partition coefficient (Wildman–Crippen LogP) is 7.40. The Hall–Kier alpha value is -2.48. The first-order valence-electron chi connectivity index (χ1n) is 10.8. The van der Waals surface area contributed by atoms with Crippen LogP contribution in [0.25, 0.3) is 21.8 Å². The summed E-state index contributed by atoms with van der Waals surface area (Å²) in [6, 6.07) is 15.9. The summed E-state index contributed by atoms with van der Waals surface area (Å²) in [5.41, 5.74) is 6.28. The molecule has 6 heteroatoms. The lowest BCUT2D eigenvalue weighted by atomic mass is 10.1. The second-order valence-electron chi connectivity index (χ2n) is 7.66. The highest BCUT2D eigenvalue weighted by molar-refractivity contribution is 14.1. The van der Waals surface area contributed by atoms with E-state index >= 15 is 0 Å². The Bertz CT molecular complexity index is 1140. The number of H-pyrrole nitrogens is 2. The Morgan fingerprint density at radius 1 is 0.750 bits per heavy atom. The number of hydrogen-bond donors (Lipinski definition) is 2. The molecule has 2 aromatic carbocycles. The van der Waals surface area contributed by atoms with Gasteiger partial charge in [-0.25, -0.2) is 0 Å². The number of nitrogens with one attached hydrogen (secondary N) is 2. The topological polar surface area (TPSA) is 79.2 Å². The smallest absolute Gasteiger partial charge is 0.0991 e. The zero-order chi connectivity index (χ0) is 22.8. The van der Waals surface area contributed by atoms with Crippen molar-refractivity contribution in [1.82, 2.24) is 9.97 Å². The molecular formula is C26H26ClIN4. The fraction of sp³-hybridized carbons (Fsp3) is 0.308. The minimum Gasteiger partial charge on any atom is -0.361 e. The predicted molar refractivity (Wildman–Crippen MR) is 142 cm³/mol. The summed E-state index contributed by atoms with van der Waals surface area (Å²) in [6.45, 7) is 0. The molecular weight excluding hydrogens is 531 g/mol. The Morgan fingerprint density at radius 3 is 1.69 bits per heavy atom. The van der Waals surface area contributed by atoms with E-state index in [1.807, 2.05) is 42.6 Å². The number of aromatic nitrogens is 2. The lowest BCUT2D eigenvalue weighted by molar-refractivity contribution is 0.803. The van der Waals surface area contributed by atoms with Crippen LogP contribution in [0.4, 0.5) is 0 Å². The van der Waals surface area contributed by atoms with Crippen molar-refractivity contribution in [1.29, 1.82) is 10.5 Å². The van der Waals surface area contributed by atoms with Crippen molar-refractivity contribution in [3.8, 4) is 12.1 Å². The van der Waals surface area contributed by atoms with E-state index in [2.05, 4.69) is 50.9 Å². The monoisotopic (exact) mass is 556 g/mol. The third kappa shape index (κ3) is 6.28. The van der Waals surface area contributed by atoms with Crippen LogP contribution < -0.4 is 0 Å². The van der Waals surface area contributed by atoms with Crippen LogP contribution >= 0.6 is 34.2 Å². The van der Waals surface area contributed by atoms with E-state index in [4.69, 9.17) is 22.1 Å². The minimum atomic E-state index is 0.714. The number of aryl methyl sites for hydroxylation is 2. The summed E-state index contributed by atoms with van der Waals surface area (Å²) >= 11 is 8.06. The van der Waals surface area contributed by atoms with Gasteiger partial charge in [-0.2, -0.15) is 10.5 Å². The number of aromatic amines is 2. The van der Waals surface area contributed by atoms with Crippen LogP contribution in [0.3, 0.4) is 0 Å². The normalized spacial score (nSPS) is 10.5. The third-order valence-electron chi connectivity index (χ3n) is 5.45. The first kappa shape index (κ1) is 24.2. The number of halogens is 2. The van der Waals surface area contributed by atoms with Crippen LogP contribution in [0.15, 0.2) is 48.8 Å². The summed E-state index contributed by atoms with van der Waals surface area (Å²) in [5.74, 6) is 0.714. The Kier molecular flexibility index (Phi) is 9.46. The number of benzene rings is 2. The maximum Gasteiger partial charge on any atom is 0.0991 e. The average Bonchev–Trinajstić information content (AvgIpc) is 3.43. The van der Waals surface area contributed by atoms with Crippen molar-refractivity contribution in [3.63, 3.8) is 0 Å². The third-order valence-corrected chi connectivity index (χ3v) is 6.48. The van der Waals surface area contributed by atoms with E-state index in [1.54, 1.807) is 0 Å². The maximum atomic E-state index is 8.88. The van der Waals surface area contributed by atoms with Crippen LogP contribution in [-0.4, -0.2) is 20.3 Å². The summed E-state index contributed by atoms with van der Waals surface area (Å²) in [5, 5.41) is 20.1. The Labute approximate surface area is 207 Å². The number of alkyl halides is 2. The average molecular weight is 557 g/mol. The van der Waals surface area contributed by atoms with Gasteiger partial charge in [0.25, 0.3) is 0 Å². The lowest BCUT2D eigenvalue weighted by Crippen LogP contribution is -1.85. The molecule has 0 atom stereocenters. The molecule has 164 valence electrons. The van der Waals surface area contributed by atoms with Gasteiger partial charge in [0.05, 0.1) is 23.3 Å². The molecule has 2 heterocycles. The fourth-order valence-corrected chi connectivity index (χ4v) is 4.46. The van der Waals surface area contributed by atoms with Crippen molar-refractivity contribution < 1.29 is 0 Å². The highest BCUT2D eigenvalue weighted by Crippen LogP contribution is 2.22. The van der Waals surface area contributed by atoms with Crippen molar-refractivity contribution in [2.75, 3.05) is 10.3 Å². The first-order chi connectivity index (χ1) is 15.7. The second-order valence-corrected chi connectivity index (χ2v) is 9.12. The second kappa shape index (κ2) is 12.5. The van der Waals surface area contributed by atoms with Crippen molar-refractivity contribution in [3.05, 3.63) is 71.0 Å². The van der Waals surface area contributed by atoms with Gasteiger partial charge in [-0.3, -0.25) is 0 Å². The highest BCUT2D eigenvalue weighted by Gasteiger charge is 2.05. The molecule has 0 bridgehead atoms. The zero-order valence-electron chi connectivity index (χ0n) is 17.9. The molecule has 0 saturated carbocycles. The first-order valence-corrected chi connectivity index (χ1v) is 12.9. The quantitative estimate of drug-likeness (QED) is 0.135. The molecule has 0 radical (unpaired) electrons. The van der Waals surface area contributed by atoms with Gasteiger partial charge in [0, 0.05) is 40.1 Å². The van der Waals surface area contributed by atoms with Gasteiger partial charge in [-0.15, -0.1) is 11.6 Å². The number of unbranched alkanes of at least 4 members (excludes halogenated alkanes) is 2. The largest absolute Gasteiger partial charge is 0.361 e. The number of rotatable bonds is 8. The molecule has 0 saturated heterocycles. The number of fused-ring (bicyclic) bond motifs is 2. The molecule has 4 rings (SSSR count).